The largest absolute Gasteiger partial charge is 0.416 e. The van der Waals surface area contributed by atoms with Crippen LogP contribution >= 0.6 is 0 Å². The fourth-order valence-electron chi connectivity index (χ4n) is 2.87. The number of hydrogen-bond donors (Lipinski definition) is 3. The van der Waals surface area contributed by atoms with E-state index in [-0.39, 0.29) is 5.56 Å². The highest BCUT2D eigenvalue weighted by Crippen LogP contribution is 2.33. The minimum Gasteiger partial charge on any atom is -0.392 e. The van der Waals surface area contributed by atoms with Crippen molar-refractivity contribution in [2.75, 3.05) is 0 Å². The molecule has 1 aliphatic carbocycles. The summed E-state index contributed by atoms with van der Waals surface area (Å²) in [7, 11) is 0. The molecule has 1 aliphatic rings. The Kier molecular flexibility index (Phi) is 4.89. The molecule has 0 heterocycles. The molecule has 5 nitrogen and oxygen atoms in total. The van der Waals surface area contributed by atoms with E-state index in [0.717, 1.165) is 18.2 Å². The van der Waals surface area contributed by atoms with Gasteiger partial charge >= 0.3 is 6.18 Å². The first kappa shape index (κ1) is 18.3. The SMILES string of the molecule is CC(NC(=O)C1CCCC1O)(C(N)=O)c1cccc(C(F)(F)F)c1. The van der Waals surface area contributed by atoms with Gasteiger partial charge in [0.05, 0.1) is 17.6 Å². The molecule has 3 atom stereocenters. The lowest BCUT2D eigenvalue weighted by atomic mass is 9.88. The molecule has 1 saturated carbocycles. The van der Waals surface area contributed by atoms with Crippen molar-refractivity contribution in [1.82, 2.24) is 5.32 Å². The lowest BCUT2D eigenvalue weighted by Gasteiger charge is -2.30. The molecule has 132 valence electrons. The second-order valence-electron chi connectivity index (χ2n) is 6.16. The van der Waals surface area contributed by atoms with Gasteiger partial charge in [0.15, 0.2) is 0 Å². The van der Waals surface area contributed by atoms with Crippen LogP contribution in [-0.2, 0) is 21.3 Å². The van der Waals surface area contributed by atoms with Gasteiger partial charge in [-0.25, -0.2) is 0 Å². The summed E-state index contributed by atoms with van der Waals surface area (Å²) in [6, 6.07) is 4.10. The van der Waals surface area contributed by atoms with Gasteiger partial charge in [-0.15, -0.1) is 0 Å². The monoisotopic (exact) mass is 344 g/mol. The van der Waals surface area contributed by atoms with Crippen LogP contribution in [0, 0.1) is 5.92 Å². The van der Waals surface area contributed by atoms with Gasteiger partial charge in [0, 0.05) is 0 Å². The number of primary amides is 1. The van der Waals surface area contributed by atoms with Gasteiger partial charge in [-0.1, -0.05) is 12.1 Å². The topological polar surface area (TPSA) is 92.4 Å². The number of aliphatic hydroxyl groups is 1. The molecule has 0 radical (unpaired) electrons. The molecule has 2 amide bonds. The number of alkyl halides is 3. The van der Waals surface area contributed by atoms with Crippen molar-refractivity contribution >= 4 is 11.8 Å². The highest BCUT2D eigenvalue weighted by atomic mass is 19.4. The molecule has 1 aromatic carbocycles. The Morgan fingerprint density at radius 1 is 1.25 bits per heavy atom. The zero-order chi connectivity index (χ0) is 18.1. The molecule has 3 unspecified atom stereocenters. The Morgan fingerprint density at radius 2 is 1.88 bits per heavy atom. The maximum atomic E-state index is 12.9. The zero-order valence-electron chi connectivity index (χ0n) is 13.1. The van der Waals surface area contributed by atoms with E-state index >= 15 is 0 Å². The molecule has 1 fully saturated rings. The Labute approximate surface area is 137 Å². The Hall–Kier alpha value is -2.09. The summed E-state index contributed by atoms with van der Waals surface area (Å²) >= 11 is 0. The number of amides is 2. The fraction of sp³-hybridized carbons (Fsp3) is 0.500. The summed E-state index contributed by atoms with van der Waals surface area (Å²) in [5.74, 6) is -2.28. The summed E-state index contributed by atoms with van der Waals surface area (Å²) in [6.45, 7) is 1.25. The van der Waals surface area contributed by atoms with E-state index in [1.807, 2.05) is 0 Å². The average Bonchev–Trinajstić information content (AvgIpc) is 2.92. The third-order valence-electron chi connectivity index (χ3n) is 4.45. The van der Waals surface area contributed by atoms with Crippen LogP contribution in [-0.4, -0.2) is 23.0 Å². The molecule has 0 bridgehead atoms. The molecule has 1 aromatic rings. The predicted molar refractivity (Wildman–Crippen MR) is 79.5 cm³/mol. The average molecular weight is 344 g/mol. The molecule has 4 N–H and O–H groups in total. The van der Waals surface area contributed by atoms with E-state index in [9.17, 15) is 27.9 Å². The number of carbonyl (C=O) groups is 2. The lowest BCUT2D eigenvalue weighted by molar-refractivity contribution is -0.138. The van der Waals surface area contributed by atoms with Crippen LogP contribution in [0.5, 0.6) is 0 Å². The molecule has 0 spiro atoms. The maximum absolute atomic E-state index is 12.9. The van der Waals surface area contributed by atoms with Crippen LogP contribution in [0.15, 0.2) is 24.3 Å². The maximum Gasteiger partial charge on any atom is 0.416 e. The number of nitrogens with one attached hydrogen (secondary N) is 1. The zero-order valence-corrected chi connectivity index (χ0v) is 13.1. The van der Waals surface area contributed by atoms with Gasteiger partial charge in [0.2, 0.25) is 11.8 Å². The first-order valence-corrected chi connectivity index (χ1v) is 7.53. The van der Waals surface area contributed by atoms with Crippen molar-refractivity contribution in [2.24, 2.45) is 11.7 Å². The molecule has 0 saturated heterocycles. The van der Waals surface area contributed by atoms with Gasteiger partial charge < -0.3 is 16.2 Å². The lowest BCUT2D eigenvalue weighted by Crippen LogP contribution is -2.54. The number of nitrogens with two attached hydrogens (primary N) is 1. The number of aliphatic hydroxyl groups excluding tert-OH is 1. The minimum atomic E-state index is -4.58. The van der Waals surface area contributed by atoms with Crippen molar-refractivity contribution in [3.8, 4) is 0 Å². The highest BCUT2D eigenvalue weighted by Gasteiger charge is 2.41. The number of rotatable bonds is 4. The Morgan fingerprint density at radius 3 is 2.38 bits per heavy atom. The molecular weight excluding hydrogens is 325 g/mol. The van der Waals surface area contributed by atoms with Crippen LogP contribution < -0.4 is 11.1 Å². The van der Waals surface area contributed by atoms with Crippen LogP contribution in [0.25, 0.3) is 0 Å². The third-order valence-corrected chi connectivity index (χ3v) is 4.45. The van der Waals surface area contributed by atoms with E-state index in [1.54, 1.807) is 0 Å². The number of hydrogen-bond acceptors (Lipinski definition) is 3. The smallest absolute Gasteiger partial charge is 0.392 e. The van der Waals surface area contributed by atoms with Crippen LogP contribution in [0.4, 0.5) is 13.2 Å². The predicted octanol–water partition coefficient (Wildman–Crippen LogP) is 1.68. The van der Waals surface area contributed by atoms with Crippen molar-refractivity contribution in [3.05, 3.63) is 35.4 Å². The highest BCUT2D eigenvalue weighted by molar-refractivity contribution is 5.92. The number of halogens is 3. The van der Waals surface area contributed by atoms with Crippen LogP contribution in [0.2, 0.25) is 0 Å². The van der Waals surface area contributed by atoms with Gasteiger partial charge in [0.25, 0.3) is 0 Å². The quantitative estimate of drug-likeness (QED) is 0.776. The number of benzene rings is 1. The molecule has 0 aliphatic heterocycles. The summed E-state index contributed by atoms with van der Waals surface area (Å²) in [5.41, 5.74) is 2.54. The first-order chi connectivity index (χ1) is 11.1. The van der Waals surface area contributed by atoms with Crippen molar-refractivity contribution in [2.45, 2.75) is 44.0 Å². The number of carbonyl (C=O) groups excluding carboxylic acids is 2. The van der Waals surface area contributed by atoms with E-state index in [1.165, 1.54) is 13.0 Å². The standard InChI is InChI=1S/C16H19F3N2O3/c1-15(14(20)24,21-13(23)11-6-3-7-12(11)22)9-4-2-5-10(8-9)16(17,18)19/h2,4-5,8,11-12,22H,3,6-7H2,1H3,(H2,20,24)(H,21,23). The second-order valence-corrected chi connectivity index (χ2v) is 6.16. The minimum absolute atomic E-state index is 0.0642. The third kappa shape index (κ3) is 3.53. The molecule has 8 heteroatoms. The molecule has 0 aromatic heterocycles. The Balaban J connectivity index is 2.34. The summed E-state index contributed by atoms with van der Waals surface area (Å²) < 4.78 is 38.6. The van der Waals surface area contributed by atoms with Crippen LogP contribution in [0.1, 0.15) is 37.3 Å². The summed E-state index contributed by atoms with van der Waals surface area (Å²) in [5, 5.41) is 12.2. The van der Waals surface area contributed by atoms with E-state index < -0.39 is 41.1 Å². The van der Waals surface area contributed by atoms with Crippen molar-refractivity contribution in [1.29, 1.82) is 0 Å². The van der Waals surface area contributed by atoms with Crippen LogP contribution in [0.3, 0.4) is 0 Å². The van der Waals surface area contributed by atoms with E-state index in [0.29, 0.717) is 19.3 Å². The first-order valence-electron chi connectivity index (χ1n) is 7.53. The van der Waals surface area contributed by atoms with Gasteiger partial charge in [-0.05, 0) is 43.9 Å². The van der Waals surface area contributed by atoms with Crippen molar-refractivity contribution < 1.29 is 27.9 Å². The van der Waals surface area contributed by atoms with Gasteiger partial charge in [0.1, 0.15) is 5.54 Å². The second kappa shape index (κ2) is 6.43. The summed E-state index contributed by atoms with van der Waals surface area (Å²) in [4.78, 5) is 24.2. The van der Waals surface area contributed by atoms with E-state index in [2.05, 4.69) is 5.32 Å². The Bertz CT molecular complexity index is 648. The van der Waals surface area contributed by atoms with Crippen molar-refractivity contribution in [3.63, 3.8) is 0 Å². The fourth-order valence-corrected chi connectivity index (χ4v) is 2.87. The molecule has 2 rings (SSSR count). The van der Waals surface area contributed by atoms with Gasteiger partial charge in [-0.3, -0.25) is 9.59 Å². The molecule has 24 heavy (non-hydrogen) atoms. The summed E-state index contributed by atoms with van der Waals surface area (Å²) in [6.07, 6.45) is -3.83. The van der Waals surface area contributed by atoms with Gasteiger partial charge in [-0.2, -0.15) is 13.2 Å². The molecular formula is C16H19F3N2O3. The van der Waals surface area contributed by atoms with E-state index in [4.69, 9.17) is 5.73 Å². The normalized spacial score (nSPS) is 23.5.